The fourth-order valence-electron chi connectivity index (χ4n) is 3.31. The van der Waals surface area contributed by atoms with E-state index in [0.717, 1.165) is 12.8 Å². The van der Waals surface area contributed by atoms with E-state index in [9.17, 15) is 4.79 Å². The van der Waals surface area contributed by atoms with Crippen LogP contribution < -0.4 is 0 Å². The number of aliphatic carboxylic acids is 1. The van der Waals surface area contributed by atoms with Gasteiger partial charge in [-0.2, -0.15) is 0 Å². The highest BCUT2D eigenvalue weighted by atomic mass is 16.4. The summed E-state index contributed by atoms with van der Waals surface area (Å²) >= 11 is 0. The lowest BCUT2D eigenvalue weighted by Crippen LogP contribution is -2.10. The van der Waals surface area contributed by atoms with E-state index >= 15 is 0 Å². The molecule has 2 heteroatoms. The predicted octanol–water partition coefficient (Wildman–Crippen LogP) is 6.82. The number of unbranched alkanes of at least 4 members (excludes halogenated alkanes) is 10. The van der Waals surface area contributed by atoms with E-state index in [4.69, 9.17) is 5.11 Å². The molecule has 0 spiro atoms. The van der Waals surface area contributed by atoms with Crippen molar-refractivity contribution in [3.05, 3.63) is 0 Å². The molecule has 0 radical (unpaired) electrons. The van der Waals surface area contributed by atoms with Crippen LogP contribution >= 0.6 is 0 Å². The van der Waals surface area contributed by atoms with E-state index in [1.54, 1.807) is 0 Å². The van der Waals surface area contributed by atoms with Gasteiger partial charge in [-0.3, -0.25) is 4.79 Å². The van der Waals surface area contributed by atoms with E-state index < -0.39 is 5.97 Å². The summed E-state index contributed by atoms with van der Waals surface area (Å²) in [5.41, 5.74) is 0. The zero-order valence-corrected chi connectivity index (χ0v) is 15.4. The number of carbonyl (C=O) groups is 1. The number of hydrogen-bond acceptors (Lipinski definition) is 1. The lowest BCUT2D eigenvalue weighted by atomic mass is 9.89. The second-order valence-corrected chi connectivity index (χ2v) is 7.42. The molecule has 0 aromatic carbocycles. The third-order valence-electron chi connectivity index (χ3n) is 4.48. The van der Waals surface area contributed by atoms with E-state index in [1.807, 2.05) is 0 Å². The summed E-state index contributed by atoms with van der Waals surface area (Å²) in [4.78, 5) is 10.9. The summed E-state index contributed by atoms with van der Waals surface area (Å²) in [5.74, 6) is 0.363. The van der Waals surface area contributed by atoms with Crippen LogP contribution in [0.5, 0.6) is 0 Å². The second kappa shape index (κ2) is 15.4. The fourth-order valence-corrected chi connectivity index (χ4v) is 3.31. The average molecular weight is 313 g/mol. The lowest BCUT2D eigenvalue weighted by molar-refractivity contribution is -0.138. The van der Waals surface area contributed by atoms with Crippen LogP contribution in [-0.4, -0.2) is 11.1 Å². The maximum atomic E-state index is 10.9. The van der Waals surface area contributed by atoms with Crippen LogP contribution in [0.1, 0.15) is 111 Å². The molecule has 0 fully saturated rings. The molecular formula is C20H40O2. The predicted molar refractivity (Wildman–Crippen MR) is 96.3 cm³/mol. The normalized spacial score (nSPS) is 12.7. The highest BCUT2D eigenvalue weighted by Crippen LogP contribution is 2.22. The van der Waals surface area contributed by atoms with Gasteiger partial charge in [0.15, 0.2) is 0 Å². The Morgan fingerprint density at radius 2 is 1.27 bits per heavy atom. The molecule has 0 aliphatic carbocycles. The Hall–Kier alpha value is -0.530. The van der Waals surface area contributed by atoms with Crippen molar-refractivity contribution in [1.82, 2.24) is 0 Å². The Morgan fingerprint density at radius 3 is 1.68 bits per heavy atom. The maximum absolute atomic E-state index is 10.9. The van der Waals surface area contributed by atoms with Gasteiger partial charge in [0.05, 0.1) is 0 Å². The highest BCUT2D eigenvalue weighted by Gasteiger charge is 2.14. The summed E-state index contributed by atoms with van der Waals surface area (Å²) in [6, 6.07) is 0. The van der Waals surface area contributed by atoms with Crippen LogP contribution in [0.15, 0.2) is 0 Å². The van der Waals surface area contributed by atoms with Crippen molar-refractivity contribution in [2.75, 3.05) is 0 Å². The van der Waals surface area contributed by atoms with Gasteiger partial charge < -0.3 is 5.11 Å². The van der Waals surface area contributed by atoms with Gasteiger partial charge >= 0.3 is 5.97 Å². The van der Waals surface area contributed by atoms with Crippen molar-refractivity contribution in [2.45, 2.75) is 111 Å². The SMILES string of the molecule is CCCCCCCCCCCCCC(CC(=O)O)CC(C)C. The smallest absolute Gasteiger partial charge is 0.303 e. The van der Waals surface area contributed by atoms with Crippen molar-refractivity contribution in [1.29, 1.82) is 0 Å². The minimum absolute atomic E-state index is 0.357. The Kier molecular flexibility index (Phi) is 15.0. The van der Waals surface area contributed by atoms with Crippen molar-refractivity contribution in [3.8, 4) is 0 Å². The van der Waals surface area contributed by atoms with Crippen LogP contribution in [0.2, 0.25) is 0 Å². The molecule has 1 unspecified atom stereocenters. The highest BCUT2D eigenvalue weighted by molar-refractivity contribution is 5.66. The Morgan fingerprint density at radius 1 is 0.818 bits per heavy atom. The zero-order chi connectivity index (χ0) is 16.6. The topological polar surface area (TPSA) is 37.3 Å². The molecule has 0 heterocycles. The first kappa shape index (κ1) is 21.5. The largest absolute Gasteiger partial charge is 0.481 e. The third kappa shape index (κ3) is 15.9. The van der Waals surface area contributed by atoms with Crippen LogP contribution in [-0.2, 0) is 4.79 Å². The molecule has 22 heavy (non-hydrogen) atoms. The molecule has 1 atom stereocenters. The van der Waals surface area contributed by atoms with Crippen molar-refractivity contribution in [2.24, 2.45) is 11.8 Å². The standard InChI is InChI=1S/C20H40O2/c1-4-5-6-7-8-9-10-11-12-13-14-15-19(16-18(2)3)17-20(21)22/h18-19H,4-17H2,1-3H3,(H,21,22). The summed E-state index contributed by atoms with van der Waals surface area (Å²) < 4.78 is 0. The number of hydrogen-bond donors (Lipinski definition) is 1. The number of rotatable bonds is 16. The minimum atomic E-state index is -0.631. The van der Waals surface area contributed by atoms with Gasteiger partial charge in [-0.25, -0.2) is 0 Å². The number of carboxylic acid groups (broad SMARTS) is 1. The molecule has 0 aliphatic rings. The van der Waals surface area contributed by atoms with E-state index in [2.05, 4.69) is 20.8 Å². The Balaban J connectivity index is 3.43. The molecule has 0 amide bonds. The van der Waals surface area contributed by atoms with E-state index in [0.29, 0.717) is 18.3 Å². The second-order valence-electron chi connectivity index (χ2n) is 7.42. The minimum Gasteiger partial charge on any atom is -0.481 e. The van der Waals surface area contributed by atoms with Crippen molar-refractivity contribution in [3.63, 3.8) is 0 Å². The first-order valence-electron chi connectivity index (χ1n) is 9.78. The van der Waals surface area contributed by atoms with Gasteiger partial charge in [-0.05, 0) is 24.7 Å². The van der Waals surface area contributed by atoms with Crippen LogP contribution in [0.3, 0.4) is 0 Å². The molecular weight excluding hydrogens is 272 g/mol. The van der Waals surface area contributed by atoms with Crippen molar-refractivity contribution >= 4 is 5.97 Å². The molecule has 0 rings (SSSR count). The van der Waals surface area contributed by atoms with Gasteiger partial charge in [-0.1, -0.05) is 91.4 Å². The van der Waals surface area contributed by atoms with Crippen LogP contribution in [0.4, 0.5) is 0 Å². The first-order chi connectivity index (χ1) is 10.6. The monoisotopic (exact) mass is 312 g/mol. The van der Waals surface area contributed by atoms with Gasteiger partial charge in [0.25, 0.3) is 0 Å². The molecule has 0 aromatic heterocycles. The Labute approximate surface area is 139 Å². The fraction of sp³-hybridized carbons (Fsp3) is 0.950. The molecule has 0 bridgehead atoms. The summed E-state index contributed by atoms with van der Waals surface area (Å²) in [6.07, 6.45) is 17.5. The lowest BCUT2D eigenvalue weighted by Gasteiger charge is -2.16. The summed E-state index contributed by atoms with van der Waals surface area (Å²) in [5, 5.41) is 8.97. The maximum Gasteiger partial charge on any atom is 0.303 e. The van der Waals surface area contributed by atoms with Gasteiger partial charge in [0.2, 0.25) is 0 Å². The molecule has 2 nitrogen and oxygen atoms in total. The van der Waals surface area contributed by atoms with Gasteiger partial charge in [0, 0.05) is 6.42 Å². The quantitative estimate of drug-likeness (QED) is 0.317. The zero-order valence-electron chi connectivity index (χ0n) is 15.4. The van der Waals surface area contributed by atoms with Crippen molar-refractivity contribution < 1.29 is 9.90 Å². The van der Waals surface area contributed by atoms with Crippen LogP contribution in [0.25, 0.3) is 0 Å². The third-order valence-corrected chi connectivity index (χ3v) is 4.48. The Bertz CT molecular complexity index is 248. The molecule has 0 aliphatic heterocycles. The van der Waals surface area contributed by atoms with Crippen LogP contribution in [0, 0.1) is 11.8 Å². The molecule has 0 aromatic rings. The summed E-state index contributed by atoms with van der Waals surface area (Å²) in [7, 11) is 0. The van der Waals surface area contributed by atoms with E-state index in [1.165, 1.54) is 70.6 Å². The molecule has 0 saturated carbocycles. The molecule has 0 saturated heterocycles. The van der Waals surface area contributed by atoms with E-state index in [-0.39, 0.29) is 0 Å². The average Bonchev–Trinajstić information content (AvgIpc) is 2.43. The van der Waals surface area contributed by atoms with Gasteiger partial charge in [0.1, 0.15) is 0 Å². The van der Waals surface area contributed by atoms with Gasteiger partial charge in [-0.15, -0.1) is 0 Å². The molecule has 132 valence electrons. The number of carboxylic acids is 1. The molecule has 1 N–H and O–H groups in total. The first-order valence-corrected chi connectivity index (χ1v) is 9.78. The summed E-state index contributed by atoms with van der Waals surface area (Å²) in [6.45, 7) is 6.65.